The van der Waals surface area contributed by atoms with Gasteiger partial charge in [0.05, 0.1) is 19.2 Å². The molecule has 5 aromatic rings. The molecule has 1 amide bonds. The number of ether oxygens (including phenoxy) is 4. The van der Waals surface area contributed by atoms with Crippen LogP contribution in [0.1, 0.15) is 43.1 Å². The number of nitrogens with zero attached hydrogens (tertiary/aromatic N) is 1. The maximum atomic E-state index is 12.9. The molecule has 0 bridgehead atoms. The largest absolute Gasteiger partial charge is 0.493 e. The van der Waals surface area contributed by atoms with Gasteiger partial charge in [0.15, 0.2) is 11.5 Å². The Hall–Kier alpha value is -5.41. The Morgan fingerprint density at radius 3 is 2.23 bits per heavy atom. The van der Waals surface area contributed by atoms with Gasteiger partial charge in [-0.15, -0.1) is 0 Å². The van der Waals surface area contributed by atoms with Crippen LogP contribution in [0.15, 0.2) is 109 Å². The van der Waals surface area contributed by atoms with Crippen molar-refractivity contribution in [2.45, 2.75) is 45.3 Å². The number of amides is 1. The minimum Gasteiger partial charge on any atom is -0.493 e. The molecule has 0 saturated heterocycles. The highest BCUT2D eigenvalue weighted by molar-refractivity contribution is 6.04. The normalized spacial score (nSPS) is 11.8. The fourth-order valence-electron chi connectivity index (χ4n) is 5.01. The van der Waals surface area contributed by atoms with Gasteiger partial charge in [0, 0.05) is 28.9 Å². The molecule has 1 atom stereocenters. The highest BCUT2D eigenvalue weighted by Gasteiger charge is 2.25. The molecule has 0 aliphatic rings. The zero-order chi connectivity index (χ0) is 33.9. The summed E-state index contributed by atoms with van der Waals surface area (Å²) in [7, 11) is 1.59. The molecule has 48 heavy (non-hydrogen) atoms. The van der Waals surface area contributed by atoms with Crippen molar-refractivity contribution in [2.24, 2.45) is 0 Å². The Bertz CT molecular complexity index is 1810. The van der Waals surface area contributed by atoms with E-state index in [2.05, 4.69) is 15.6 Å². The minimum absolute atomic E-state index is 0.182. The van der Waals surface area contributed by atoms with E-state index >= 15 is 0 Å². The summed E-state index contributed by atoms with van der Waals surface area (Å²) in [4.78, 5) is 29.9. The average molecular weight is 648 g/mol. The molecule has 0 spiro atoms. The number of fused-ring (bicyclic) bond motifs is 1. The van der Waals surface area contributed by atoms with Gasteiger partial charge >= 0.3 is 5.97 Å². The lowest BCUT2D eigenvalue weighted by Crippen LogP contribution is -2.43. The molecule has 0 fully saturated rings. The molecule has 1 aromatic heterocycles. The lowest BCUT2D eigenvalue weighted by molar-refractivity contribution is -0.157. The fourth-order valence-corrected chi connectivity index (χ4v) is 5.01. The second-order valence-electron chi connectivity index (χ2n) is 12.2. The Kier molecular flexibility index (Phi) is 11.3. The van der Waals surface area contributed by atoms with Crippen molar-refractivity contribution in [3.8, 4) is 23.0 Å². The van der Waals surface area contributed by atoms with Crippen LogP contribution >= 0.6 is 0 Å². The molecule has 0 unspecified atom stereocenters. The molecule has 0 aliphatic heterocycles. The summed E-state index contributed by atoms with van der Waals surface area (Å²) >= 11 is 0. The van der Waals surface area contributed by atoms with E-state index in [1.54, 1.807) is 55.8 Å². The molecule has 248 valence electrons. The van der Waals surface area contributed by atoms with Crippen LogP contribution in [0.5, 0.6) is 23.0 Å². The van der Waals surface area contributed by atoms with Gasteiger partial charge in [-0.2, -0.15) is 0 Å². The first-order valence-corrected chi connectivity index (χ1v) is 15.9. The molecular formula is C39H41N3O6. The van der Waals surface area contributed by atoms with Crippen molar-refractivity contribution in [3.63, 3.8) is 0 Å². The molecule has 0 radical (unpaired) electrons. The zero-order valence-corrected chi connectivity index (χ0v) is 27.7. The van der Waals surface area contributed by atoms with Gasteiger partial charge in [-0.1, -0.05) is 48.5 Å². The van der Waals surface area contributed by atoms with Crippen molar-refractivity contribution >= 4 is 28.5 Å². The predicted octanol–water partition coefficient (Wildman–Crippen LogP) is 7.60. The van der Waals surface area contributed by atoms with Crippen molar-refractivity contribution in [3.05, 3.63) is 120 Å². The summed E-state index contributed by atoms with van der Waals surface area (Å²) in [5, 5.41) is 7.00. The van der Waals surface area contributed by atoms with Gasteiger partial charge in [0.1, 0.15) is 23.1 Å². The van der Waals surface area contributed by atoms with Crippen molar-refractivity contribution < 1.29 is 28.5 Å². The van der Waals surface area contributed by atoms with E-state index in [0.717, 1.165) is 10.9 Å². The van der Waals surface area contributed by atoms with E-state index in [0.29, 0.717) is 65.8 Å². The van der Waals surface area contributed by atoms with Crippen LogP contribution in [-0.4, -0.2) is 48.8 Å². The maximum absolute atomic E-state index is 12.9. The highest BCUT2D eigenvalue weighted by Crippen LogP contribution is 2.37. The molecule has 5 rings (SSSR count). The van der Waals surface area contributed by atoms with Crippen LogP contribution in [0.25, 0.3) is 10.9 Å². The van der Waals surface area contributed by atoms with Crippen molar-refractivity contribution in [1.29, 1.82) is 0 Å². The molecule has 4 aromatic carbocycles. The zero-order valence-electron chi connectivity index (χ0n) is 27.7. The predicted molar refractivity (Wildman–Crippen MR) is 187 cm³/mol. The van der Waals surface area contributed by atoms with Crippen LogP contribution in [0.4, 0.5) is 5.69 Å². The van der Waals surface area contributed by atoms with Gasteiger partial charge in [0.2, 0.25) is 0 Å². The molecule has 2 N–H and O–H groups in total. The number of methoxy groups -OCH3 is 1. The number of esters is 1. The van der Waals surface area contributed by atoms with Gasteiger partial charge in [-0.05, 0) is 94.3 Å². The quantitative estimate of drug-likeness (QED) is 0.0938. The second kappa shape index (κ2) is 15.9. The van der Waals surface area contributed by atoms with E-state index < -0.39 is 11.6 Å². The summed E-state index contributed by atoms with van der Waals surface area (Å²) in [6, 6.07) is 31.1. The topological polar surface area (TPSA) is 108 Å². The number of rotatable bonds is 14. The van der Waals surface area contributed by atoms with Gasteiger partial charge in [-0.3, -0.25) is 14.6 Å². The van der Waals surface area contributed by atoms with E-state index in [1.165, 1.54) is 0 Å². The average Bonchev–Trinajstić information content (AvgIpc) is 3.08. The van der Waals surface area contributed by atoms with Gasteiger partial charge in [0.25, 0.3) is 5.91 Å². The van der Waals surface area contributed by atoms with E-state index in [4.69, 9.17) is 18.9 Å². The number of hydrogen-bond acceptors (Lipinski definition) is 8. The fraction of sp³-hybridized carbons (Fsp3) is 0.256. The third-order valence-corrected chi connectivity index (χ3v) is 7.31. The second-order valence-corrected chi connectivity index (χ2v) is 12.2. The third-order valence-electron chi connectivity index (χ3n) is 7.31. The summed E-state index contributed by atoms with van der Waals surface area (Å²) in [6.45, 7) is 6.55. The lowest BCUT2D eigenvalue weighted by Gasteiger charge is -2.25. The highest BCUT2D eigenvalue weighted by atomic mass is 16.6. The molecule has 9 nitrogen and oxygen atoms in total. The Morgan fingerprint density at radius 2 is 1.54 bits per heavy atom. The van der Waals surface area contributed by atoms with Crippen LogP contribution in [-0.2, 0) is 16.0 Å². The molecule has 0 aliphatic carbocycles. The lowest BCUT2D eigenvalue weighted by atomic mass is 10.1. The van der Waals surface area contributed by atoms with Crippen LogP contribution in [0, 0.1) is 0 Å². The SMILES string of the molecule is COc1cc2c(Oc3ccc(NC(=O)c4ccccc4)cc3)ccnc2cc1OCCCN[C@@H](Cc1ccccc1)C(=O)OC(C)(C)C. The summed E-state index contributed by atoms with van der Waals surface area (Å²) in [6.07, 6.45) is 2.85. The maximum Gasteiger partial charge on any atom is 0.323 e. The Labute approximate surface area is 281 Å². The van der Waals surface area contributed by atoms with E-state index in [9.17, 15) is 9.59 Å². The number of pyridine rings is 1. The number of aromatic nitrogens is 1. The number of anilines is 1. The molecule has 9 heteroatoms. The standard InChI is InChI=1S/C39H41N3O6/c1-39(2,3)48-38(44)33(24-27-12-7-5-8-13-27)40-21-11-23-46-36-26-32-31(25-35(36)45-4)34(20-22-41-32)47-30-18-16-29(17-19-30)42-37(43)28-14-9-6-10-15-28/h5-10,12-20,22,25-26,33,40H,11,21,23-24H2,1-4H3,(H,42,43)/t33-/m0/s1. The minimum atomic E-state index is -0.575. The van der Waals surface area contributed by atoms with Crippen LogP contribution < -0.4 is 24.8 Å². The number of benzene rings is 4. The first-order valence-electron chi connectivity index (χ1n) is 15.9. The Balaban J connectivity index is 1.19. The number of hydrogen-bond donors (Lipinski definition) is 2. The van der Waals surface area contributed by atoms with Gasteiger partial charge < -0.3 is 29.6 Å². The van der Waals surface area contributed by atoms with Crippen molar-refractivity contribution in [1.82, 2.24) is 10.3 Å². The van der Waals surface area contributed by atoms with Gasteiger partial charge in [-0.25, -0.2) is 0 Å². The molecular weight excluding hydrogens is 606 g/mol. The number of carbonyl (C=O) groups is 2. The van der Waals surface area contributed by atoms with Crippen molar-refractivity contribution in [2.75, 3.05) is 25.6 Å². The summed E-state index contributed by atoms with van der Waals surface area (Å²) in [5.74, 6) is 1.84. The van der Waals surface area contributed by atoms with E-state index in [-0.39, 0.29) is 11.9 Å². The Morgan fingerprint density at radius 1 is 0.833 bits per heavy atom. The summed E-state index contributed by atoms with van der Waals surface area (Å²) in [5.41, 5.74) is 2.40. The monoisotopic (exact) mass is 647 g/mol. The first-order chi connectivity index (χ1) is 23.2. The van der Waals surface area contributed by atoms with Crippen LogP contribution in [0.2, 0.25) is 0 Å². The molecule has 1 heterocycles. The van der Waals surface area contributed by atoms with E-state index in [1.807, 2.05) is 81.4 Å². The molecule has 0 saturated carbocycles. The van der Waals surface area contributed by atoms with Crippen LogP contribution in [0.3, 0.4) is 0 Å². The summed E-state index contributed by atoms with van der Waals surface area (Å²) < 4.78 is 23.7. The smallest absolute Gasteiger partial charge is 0.323 e. The first kappa shape index (κ1) is 33.9. The third kappa shape index (κ3) is 9.56. The number of nitrogens with one attached hydrogen (secondary N) is 2. The number of carbonyl (C=O) groups excluding carboxylic acids is 2.